The third-order valence-electron chi connectivity index (χ3n) is 5.86. The Labute approximate surface area is 222 Å². The van der Waals surface area contributed by atoms with Crippen molar-refractivity contribution >= 4 is 51.9 Å². The summed E-state index contributed by atoms with van der Waals surface area (Å²) < 4.78 is 16.4. The van der Waals surface area contributed by atoms with E-state index < -0.39 is 47.7 Å². The molecule has 38 heavy (non-hydrogen) atoms. The molecule has 4 aliphatic rings. The molecule has 0 unspecified atom stereocenters. The summed E-state index contributed by atoms with van der Waals surface area (Å²) in [4.78, 5) is 50.4. The first-order valence-corrected chi connectivity index (χ1v) is 12.8. The molecule has 2 atom stereocenters. The molecule has 7 N–H and O–H groups in total. The van der Waals surface area contributed by atoms with Gasteiger partial charge in [-0.3, -0.25) is 19.9 Å². The summed E-state index contributed by atoms with van der Waals surface area (Å²) in [5, 5.41) is 17.3. The predicted octanol–water partition coefficient (Wildman–Crippen LogP) is -0.855. The smallest absolute Gasteiger partial charge is 0.354 e. The molecule has 4 aliphatic heterocycles. The lowest BCUT2D eigenvalue weighted by molar-refractivity contribution is -0.157. The fraction of sp³-hybridized carbons (Fsp3) is 0.300. The minimum absolute atomic E-state index is 0.0608. The third-order valence-corrected chi connectivity index (χ3v) is 7.84. The number of oxime groups is 1. The molecule has 2 amide bonds. The number of rotatable bonds is 8. The summed E-state index contributed by atoms with van der Waals surface area (Å²) in [6.45, 7) is 0.223. The molecule has 0 bridgehead atoms. The van der Waals surface area contributed by atoms with Crippen molar-refractivity contribution in [1.82, 2.24) is 34.9 Å². The van der Waals surface area contributed by atoms with E-state index in [0.717, 1.165) is 16.4 Å². The summed E-state index contributed by atoms with van der Waals surface area (Å²) in [5.41, 5.74) is 12.6. The molecule has 5 heterocycles. The molecule has 0 aromatic carbocycles. The number of nitrogens with two attached hydrogens (primary N) is 2. The monoisotopic (exact) mass is 564 g/mol. The predicted molar refractivity (Wildman–Crippen MR) is 133 cm³/mol. The molecular formula is C20H21FN10O5S2. The molecule has 1 fully saturated rings. The summed E-state index contributed by atoms with van der Waals surface area (Å²) in [7, 11) is 0. The van der Waals surface area contributed by atoms with Crippen LogP contribution in [0.1, 0.15) is 12.7 Å². The number of nitrogens with zero attached hydrogens (tertiary/aromatic N) is 6. The lowest BCUT2D eigenvalue weighted by Gasteiger charge is -2.56. The number of allylic oxidation sites excluding steroid dienone is 2. The first kappa shape index (κ1) is 25.3. The summed E-state index contributed by atoms with van der Waals surface area (Å²) in [6, 6.07) is 0. The number of nitrogen functional groups attached to an aromatic ring is 1. The largest absolute Gasteiger partial charge is 0.477 e. The number of carboxylic acids is 1. The summed E-state index contributed by atoms with van der Waals surface area (Å²) >= 11 is 2.08. The molecule has 1 aromatic heterocycles. The Morgan fingerprint density at radius 1 is 1.39 bits per heavy atom. The quantitative estimate of drug-likeness (QED) is 0.113. The number of carbonyl (C=O) groups is 3. The molecule has 0 radical (unpaired) electrons. The number of thioether (sulfide) groups is 1. The number of nitrogens with one attached hydrogen (secondary N) is 2. The maximum absolute atomic E-state index is 13.4. The second kappa shape index (κ2) is 9.53. The van der Waals surface area contributed by atoms with Gasteiger partial charge in [0.2, 0.25) is 11.5 Å². The number of anilines is 1. The minimum atomic E-state index is -1.49. The number of alkyl halides is 1. The van der Waals surface area contributed by atoms with Crippen LogP contribution >= 0.6 is 23.3 Å². The highest BCUT2D eigenvalue weighted by atomic mass is 32.2. The minimum Gasteiger partial charge on any atom is -0.477 e. The highest BCUT2D eigenvalue weighted by Crippen LogP contribution is 2.47. The normalized spacial score (nSPS) is 24.3. The van der Waals surface area contributed by atoms with Gasteiger partial charge in [0.25, 0.3) is 11.8 Å². The number of β-lactam (4-membered cyclic amide) rings is 1. The van der Waals surface area contributed by atoms with Crippen molar-refractivity contribution in [2.45, 2.75) is 17.8 Å². The average Bonchev–Trinajstić information content (AvgIpc) is 3.50. The Kier molecular flexibility index (Phi) is 6.35. The molecule has 200 valence electrons. The Morgan fingerprint density at radius 2 is 2.18 bits per heavy atom. The standard InChI is InChI=1S/C20H21FN10O5S2/c1-20(25-15(32)12(27-36-7-4-21)14-24-19(23)38-28-14)17(35)31-13(16(33)34)9(8-37-18(20)31)29-5-6-30-11(29)3-2-10(22)26-30/h2-3,5-6,18,26H,4,7-8,22H2,1H3,(H,25,32)(H,33,34)(H2,23,24,28)/b27-12-/t18-,20+/m0/s1. The molecule has 0 saturated carbocycles. The Balaban J connectivity index is 1.41. The van der Waals surface area contributed by atoms with Gasteiger partial charge >= 0.3 is 5.97 Å². The van der Waals surface area contributed by atoms with E-state index in [0.29, 0.717) is 17.3 Å². The fourth-order valence-corrected chi connectivity index (χ4v) is 6.06. The summed E-state index contributed by atoms with van der Waals surface area (Å²) in [6.07, 6.45) is 6.67. The zero-order valence-corrected chi connectivity index (χ0v) is 21.3. The van der Waals surface area contributed by atoms with Crippen molar-refractivity contribution < 1.29 is 28.7 Å². The number of carbonyl (C=O) groups excluding carboxylic acids is 2. The van der Waals surface area contributed by atoms with E-state index >= 15 is 0 Å². The van der Waals surface area contributed by atoms with Gasteiger partial charge in [-0.2, -0.15) is 9.36 Å². The average molecular weight is 565 g/mol. The SMILES string of the molecule is C[C@@]1(NC(=O)/C(=N\OCCF)c2nsc(N)n2)C(=O)N2C(C(=O)O)=C(N3C=CN4NC(N)=CC=C43)CS[C@H]21. The van der Waals surface area contributed by atoms with Crippen LogP contribution in [0.4, 0.5) is 9.52 Å². The van der Waals surface area contributed by atoms with E-state index in [-0.39, 0.29) is 22.4 Å². The third kappa shape index (κ3) is 4.06. The van der Waals surface area contributed by atoms with Gasteiger partial charge < -0.3 is 31.6 Å². The number of hydrazine groups is 1. The summed E-state index contributed by atoms with van der Waals surface area (Å²) in [5.74, 6) is -1.76. The topological polar surface area (TPSA) is 205 Å². The Hall–Kier alpha value is -4.32. The second-order valence-corrected chi connectivity index (χ2v) is 10.2. The van der Waals surface area contributed by atoms with E-state index in [1.54, 1.807) is 34.5 Å². The van der Waals surface area contributed by atoms with Crippen LogP contribution in [0.15, 0.2) is 52.7 Å². The van der Waals surface area contributed by atoms with Crippen LogP contribution in [0, 0.1) is 0 Å². The van der Waals surface area contributed by atoms with Crippen molar-refractivity contribution in [2.75, 3.05) is 24.8 Å². The zero-order chi connectivity index (χ0) is 27.2. The van der Waals surface area contributed by atoms with Crippen LogP contribution in [-0.2, 0) is 19.2 Å². The van der Waals surface area contributed by atoms with Crippen LogP contribution in [0.25, 0.3) is 0 Å². The van der Waals surface area contributed by atoms with Gasteiger partial charge in [0.15, 0.2) is 10.8 Å². The van der Waals surface area contributed by atoms with Crippen molar-refractivity contribution in [3.63, 3.8) is 0 Å². The number of fused-ring (bicyclic) bond motifs is 2. The molecule has 15 nitrogen and oxygen atoms in total. The maximum atomic E-state index is 13.4. The first-order chi connectivity index (χ1) is 18.2. The Morgan fingerprint density at radius 3 is 2.87 bits per heavy atom. The number of hydrogen-bond acceptors (Lipinski definition) is 14. The van der Waals surface area contributed by atoms with Gasteiger partial charge in [0.05, 0.1) is 5.70 Å². The van der Waals surface area contributed by atoms with Crippen LogP contribution in [0.3, 0.4) is 0 Å². The zero-order valence-electron chi connectivity index (χ0n) is 19.6. The lowest BCUT2D eigenvalue weighted by atomic mass is 9.88. The number of carboxylic acid groups (broad SMARTS) is 1. The van der Waals surface area contributed by atoms with Gasteiger partial charge in [0.1, 0.15) is 35.8 Å². The maximum Gasteiger partial charge on any atom is 0.354 e. The van der Waals surface area contributed by atoms with Crippen molar-refractivity contribution in [1.29, 1.82) is 0 Å². The van der Waals surface area contributed by atoms with E-state index in [1.165, 1.54) is 18.7 Å². The number of amides is 2. The van der Waals surface area contributed by atoms with Crippen LogP contribution in [0.5, 0.6) is 0 Å². The molecule has 1 saturated heterocycles. The number of aromatic nitrogens is 2. The van der Waals surface area contributed by atoms with E-state index in [9.17, 15) is 23.9 Å². The van der Waals surface area contributed by atoms with E-state index in [4.69, 9.17) is 16.3 Å². The molecule has 5 rings (SSSR count). The lowest BCUT2D eigenvalue weighted by Crippen LogP contribution is -2.79. The van der Waals surface area contributed by atoms with Gasteiger partial charge in [-0.15, -0.1) is 11.8 Å². The number of aliphatic carboxylic acids is 1. The Bertz CT molecular complexity index is 1370. The first-order valence-electron chi connectivity index (χ1n) is 11.0. The molecule has 18 heteroatoms. The van der Waals surface area contributed by atoms with E-state index in [1.807, 2.05) is 0 Å². The van der Waals surface area contributed by atoms with Crippen LogP contribution < -0.4 is 22.2 Å². The van der Waals surface area contributed by atoms with Gasteiger partial charge in [-0.1, -0.05) is 5.16 Å². The van der Waals surface area contributed by atoms with Crippen LogP contribution in [-0.4, -0.2) is 82.7 Å². The highest BCUT2D eigenvalue weighted by molar-refractivity contribution is 8.00. The second-order valence-electron chi connectivity index (χ2n) is 8.31. The number of hydrogen-bond donors (Lipinski definition) is 5. The van der Waals surface area contributed by atoms with Gasteiger partial charge in [0, 0.05) is 29.7 Å². The van der Waals surface area contributed by atoms with Crippen molar-refractivity contribution in [3.05, 3.63) is 53.4 Å². The van der Waals surface area contributed by atoms with Crippen LogP contribution in [0.2, 0.25) is 0 Å². The molecule has 1 aromatic rings. The molecule has 0 aliphatic carbocycles. The highest BCUT2D eigenvalue weighted by Gasteiger charge is 2.63. The number of halogens is 1. The van der Waals surface area contributed by atoms with Crippen molar-refractivity contribution in [3.8, 4) is 0 Å². The van der Waals surface area contributed by atoms with Gasteiger partial charge in [-0.05, 0) is 19.1 Å². The molecule has 0 spiro atoms. The molecular weight excluding hydrogens is 543 g/mol. The van der Waals surface area contributed by atoms with Crippen molar-refractivity contribution in [2.24, 2.45) is 10.9 Å². The van der Waals surface area contributed by atoms with Gasteiger partial charge in [-0.25, -0.2) is 14.2 Å². The van der Waals surface area contributed by atoms with E-state index in [2.05, 4.69) is 25.3 Å². The fourth-order valence-electron chi connectivity index (χ4n) is 4.19.